The highest BCUT2D eigenvalue weighted by atomic mass is 79.9. The van der Waals surface area contributed by atoms with Gasteiger partial charge in [0.15, 0.2) is 5.13 Å². The standard InChI is InChI=1S/C16H12BrFN4OS/c17-11-5-6-12(18)10(7-11)8-20-22-15(23)9-19-16-21-13-3-1-2-4-14(13)24-16/h1-8H,9H2,(H,19,21)(H,22,23)/b20-8-. The quantitative estimate of drug-likeness (QED) is 0.500. The molecular weight excluding hydrogens is 395 g/mol. The molecule has 0 aliphatic rings. The number of rotatable bonds is 5. The number of hydrazone groups is 1. The van der Waals surface area contributed by atoms with Crippen molar-refractivity contribution in [3.63, 3.8) is 0 Å². The van der Waals surface area contributed by atoms with Crippen LogP contribution in [0.2, 0.25) is 0 Å². The molecule has 0 aliphatic carbocycles. The number of nitrogens with zero attached hydrogens (tertiary/aromatic N) is 2. The third-order valence-electron chi connectivity index (χ3n) is 3.04. The van der Waals surface area contributed by atoms with Crippen LogP contribution in [-0.4, -0.2) is 23.7 Å². The first-order valence-electron chi connectivity index (χ1n) is 6.98. The third-order valence-corrected chi connectivity index (χ3v) is 4.53. The van der Waals surface area contributed by atoms with E-state index in [1.807, 2.05) is 24.3 Å². The number of fused-ring (bicyclic) bond motifs is 1. The van der Waals surface area contributed by atoms with Crippen molar-refractivity contribution in [3.8, 4) is 0 Å². The number of aromatic nitrogens is 1. The number of hydrogen-bond acceptors (Lipinski definition) is 5. The molecule has 0 fully saturated rings. The average Bonchev–Trinajstić information content (AvgIpc) is 2.99. The first kappa shape index (κ1) is 16.5. The van der Waals surface area contributed by atoms with Gasteiger partial charge in [-0.25, -0.2) is 14.8 Å². The van der Waals surface area contributed by atoms with E-state index in [1.54, 1.807) is 12.1 Å². The highest BCUT2D eigenvalue weighted by Crippen LogP contribution is 2.24. The molecule has 24 heavy (non-hydrogen) atoms. The van der Waals surface area contributed by atoms with Gasteiger partial charge in [-0.05, 0) is 30.3 Å². The van der Waals surface area contributed by atoms with Gasteiger partial charge < -0.3 is 5.32 Å². The van der Waals surface area contributed by atoms with Crippen molar-refractivity contribution in [3.05, 3.63) is 58.3 Å². The van der Waals surface area contributed by atoms with Crippen molar-refractivity contribution < 1.29 is 9.18 Å². The van der Waals surface area contributed by atoms with E-state index >= 15 is 0 Å². The largest absolute Gasteiger partial charge is 0.352 e. The lowest BCUT2D eigenvalue weighted by molar-refractivity contribution is -0.119. The Morgan fingerprint density at radius 2 is 2.17 bits per heavy atom. The fraction of sp³-hybridized carbons (Fsp3) is 0.0625. The minimum Gasteiger partial charge on any atom is -0.352 e. The van der Waals surface area contributed by atoms with E-state index in [1.165, 1.54) is 23.6 Å². The summed E-state index contributed by atoms with van der Waals surface area (Å²) < 4.78 is 15.3. The van der Waals surface area contributed by atoms with Crippen molar-refractivity contribution in [2.45, 2.75) is 0 Å². The smallest absolute Gasteiger partial charge is 0.259 e. The predicted octanol–water partition coefficient (Wildman–Crippen LogP) is 3.76. The monoisotopic (exact) mass is 406 g/mol. The number of carbonyl (C=O) groups is 1. The Balaban J connectivity index is 1.54. The van der Waals surface area contributed by atoms with Crippen LogP contribution < -0.4 is 10.7 Å². The van der Waals surface area contributed by atoms with Gasteiger partial charge in [-0.15, -0.1) is 0 Å². The SMILES string of the molecule is O=C(CNc1nc2ccccc2s1)N/N=C\c1cc(Br)ccc1F. The first-order valence-corrected chi connectivity index (χ1v) is 8.59. The molecule has 3 aromatic rings. The maximum Gasteiger partial charge on any atom is 0.259 e. The Kier molecular flexibility index (Phi) is 5.17. The molecule has 122 valence electrons. The number of nitrogens with one attached hydrogen (secondary N) is 2. The highest BCUT2D eigenvalue weighted by Gasteiger charge is 2.05. The number of para-hydroxylation sites is 1. The zero-order chi connectivity index (χ0) is 16.9. The summed E-state index contributed by atoms with van der Waals surface area (Å²) in [6.07, 6.45) is 1.26. The Morgan fingerprint density at radius 1 is 1.33 bits per heavy atom. The molecule has 2 N–H and O–H groups in total. The molecule has 1 heterocycles. The molecule has 0 spiro atoms. The normalized spacial score (nSPS) is 11.1. The van der Waals surface area contributed by atoms with Gasteiger partial charge in [0.25, 0.3) is 5.91 Å². The number of carbonyl (C=O) groups excluding carboxylic acids is 1. The van der Waals surface area contributed by atoms with Crippen LogP contribution in [0.1, 0.15) is 5.56 Å². The second-order valence-electron chi connectivity index (χ2n) is 4.80. The van der Waals surface area contributed by atoms with Gasteiger partial charge in [0, 0.05) is 10.0 Å². The molecule has 8 heteroatoms. The molecular formula is C16H12BrFN4OS. The van der Waals surface area contributed by atoms with Crippen LogP contribution in [0.5, 0.6) is 0 Å². The lowest BCUT2D eigenvalue weighted by atomic mass is 10.2. The van der Waals surface area contributed by atoms with Crippen LogP contribution in [0.15, 0.2) is 52.0 Å². The van der Waals surface area contributed by atoms with E-state index in [9.17, 15) is 9.18 Å². The Morgan fingerprint density at radius 3 is 3.00 bits per heavy atom. The Bertz CT molecular complexity index is 879. The topological polar surface area (TPSA) is 66.4 Å². The van der Waals surface area contributed by atoms with Gasteiger partial charge in [-0.1, -0.05) is 39.4 Å². The maximum absolute atomic E-state index is 13.5. The van der Waals surface area contributed by atoms with Gasteiger partial charge in [-0.2, -0.15) is 5.10 Å². The molecule has 0 unspecified atom stereocenters. The summed E-state index contributed by atoms with van der Waals surface area (Å²) in [5.74, 6) is -0.760. The minimum absolute atomic E-state index is 0.0259. The van der Waals surface area contributed by atoms with Crippen LogP contribution in [0, 0.1) is 5.82 Å². The van der Waals surface area contributed by atoms with Gasteiger partial charge in [0.2, 0.25) is 0 Å². The lowest BCUT2D eigenvalue weighted by Crippen LogP contribution is -2.25. The van der Waals surface area contributed by atoms with E-state index in [0.29, 0.717) is 5.13 Å². The Labute approximate surface area is 149 Å². The Hall–Kier alpha value is -2.32. The third kappa shape index (κ3) is 4.15. The molecule has 0 saturated heterocycles. The number of benzene rings is 2. The number of thiazole rings is 1. The van der Waals surface area contributed by atoms with E-state index in [0.717, 1.165) is 14.7 Å². The van der Waals surface area contributed by atoms with E-state index in [4.69, 9.17) is 0 Å². The fourth-order valence-electron chi connectivity index (χ4n) is 1.93. The summed E-state index contributed by atoms with van der Waals surface area (Å²) >= 11 is 4.72. The van der Waals surface area contributed by atoms with E-state index < -0.39 is 5.82 Å². The summed E-state index contributed by atoms with van der Waals surface area (Å²) in [4.78, 5) is 16.1. The fourth-order valence-corrected chi connectivity index (χ4v) is 3.17. The minimum atomic E-state index is -0.413. The first-order chi connectivity index (χ1) is 11.6. The van der Waals surface area contributed by atoms with Gasteiger partial charge in [0.1, 0.15) is 5.82 Å². The number of halogens is 2. The van der Waals surface area contributed by atoms with E-state index in [2.05, 4.69) is 36.8 Å². The summed E-state index contributed by atoms with van der Waals surface area (Å²) in [7, 11) is 0. The van der Waals surface area contributed by atoms with Crippen LogP contribution in [0.3, 0.4) is 0 Å². The second kappa shape index (κ2) is 7.50. The summed E-state index contributed by atoms with van der Waals surface area (Å²) in [6, 6.07) is 12.2. The maximum atomic E-state index is 13.5. The van der Waals surface area contributed by atoms with Gasteiger partial charge >= 0.3 is 0 Å². The van der Waals surface area contributed by atoms with Crippen LogP contribution in [-0.2, 0) is 4.79 Å². The molecule has 0 radical (unpaired) electrons. The molecule has 0 atom stereocenters. The van der Waals surface area contributed by atoms with Crippen molar-refractivity contribution in [1.82, 2.24) is 10.4 Å². The van der Waals surface area contributed by atoms with Crippen molar-refractivity contribution in [2.24, 2.45) is 5.10 Å². The summed E-state index contributed by atoms with van der Waals surface area (Å²) in [5, 5.41) is 7.36. The molecule has 0 saturated carbocycles. The zero-order valence-electron chi connectivity index (χ0n) is 12.3. The highest BCUT2D eigenvalue weighted by molar-refractivity contribution is 9.10. The summed E-state index contributed by atoms with van der Waals surface area (Å²) in [5.41, 5.74) is 3.51. The van der Waals surface area contributed by atoms with E-state index in [-0.39, 0.29) is 18.0 Å². The van der Waals surface area contributed by atoms with Crippen molar-refractivity contribution in [1.29, 1.82) is 0 Å². The molecule has 3 rings (SSSR count). The van der Waals surface area contributed by atoms with Crippen LogP contribution >= 0.6 is 27.3 Å². The molecule has 1 aromatic heterocycles. The lowest BCUT2D eigenvalue weighted by Gasteiger charge is -2.01. The number of hydrogen-bond donors (Lipinski definition) is 2. The second-order valence-corrected chi connectivity index (χ2v) is 6.75. The predicted molar refractivity (Wildman–Crippen MR) is 97.9 cm³/mol. The summed E-state index contributed by atoms with van der Waals surface area (Å²) in [6.45, 7) is 0.0259. The van der Waals surface area contributed by atoms with Gasteiger partial charge in [0.05, 0.1) is 23.0 Å². The van der Waals surface area contributed by atoms with Crippen molar-refractivity contribution in [2.75, 3.05) is 11.9 Å². The molecule has 2 aromatic carbocycles. The van der Waals surface area contributed by atoms with Crippen molar-refractivity contribution >= 4 is 54.7 Å². The molecule has 1 amide bonds. The average molecular weight is 407 g/mol. The van der Waals surface area contributed by atoms with Gasteiger partial charge in [-0.3, -0.25) is 4.79 Å². The number of anilines is 1. The molecule has 0 bridgehead atoms. The van der Waals surface area contributed by atoms with Crippen LogP contribution in [0.4, 0.5) is 9.52 Å². The molecule has 0 aliphatic heterocycles. The molecule has 5 nitrogen and oxygen atoms in total. The van der Waals surface area contributed by atoms with Crippen LogP contribution in [0.25, 0.3) is 10.2 Å². The number of amides is 1. The zero-order valence-corrected chi connectivity index (χ0v) is 14.7.